The maximum absolute atomic E-state index is 14.7. The van der Waals surface area contributed by atoms with Crippen LogP contribution in [0.15, 0.2) is 58.7 Å². The van der Waals surface area contributed by atoms with Crippen LogP contribution in [0.2, 0.25) is 31.4 Å². The molecule has 1 saturated heterocycles. The summed E-state index contributed by atoms with van der Waals surface area (Å²) in [6, 6.07) is 12.7. The van der Waals surface area contributed by atoms with Crippen molar-refractivity contribution in [3.05, 3.63) is 73.4 Å². The Labute approximate surface area is 441 Å². The molecule has 0 aromatic heterocycles. The van der Waals surface area contributed by atoms with E-state index in [1.165, 1.54) is 56.8 Å². The SMILES string of the molecule is CCC[CH2][Sn](/[CH]=C/[C@H](OC)[C@H](C)[C@@H](OC)[C@@H](C)C(=O)N[C@H](C(=O)N[C@@H](Cc1cccc(O[Si](C)(C)C(C)(C)C)c1)C(=O)N1CCC[C@@H](C(=O)OCc2cccc(I)c2)N1)C(C)C)([CH2]CCC)[CH2]CCC. The van der Waals surface area contributed by atoms with Crippen LogP contribution in [-0.2, 0) is 46.4 Å². The number of benzene rings is 2. The van der Waals surface area contributed by atoms with Gasteiger partial charge in [-0.15, -0.1) is 0 Å². The first-order chi connectivity index (χ1) is 33.0. The summed E-state index contributed by atoms with van der Waals surface area (Å²) in [6.07, 6.45) is 10.1. The number of halogens is 1. The Morgan fingerprint density at radius 3 is 2.04 bits per heavy atom. The van der Waals surface area contributed by atoms with E-state index in [9.17, 15) is 19.2 Å². The molecule has 0 saturated carbocycles. The van der Waals surface area contributed by atoms with Gasteiger partial charge in [-0.2, -0.15) is 0 Å². The van der Waals surface area contributed by atoms with Gasteiger partial charge in [-0.3, -0.25) is 14.6 Å². The van der Waals surface area contributed by atoms with Gasteiger partial charge in [-0.25, -0.2) is 5.43 Å². The average Bonchev–Trinajstić information content (AvgIpc) is 3.32. The summed E-state index contributed by atoms with van der Waals surface area (Å²) in [5.74, 6) is -2.08. The molecule has 3 amide bonds. The first-order valence-electron chi connectivity index (χ1n) is 26.2. The fourth-order valence-electron chi connectivity index (χ4n) is 9.07. The van der Waals surface area contributed by atoms with Crippen molar-refractivity contribution in [3.63, 3.8) is 0 Å². The summed E-state index contributed by atoms with van der Waals surface area (Å²) < 4.78 is 32.3. The van der Waals surface area contributed by atoms with Crippen LogP contribution in [0.5, 0.6) is 5.75 Å². The number of hydrazine groups is 1. The number of carbonyl (C=O) groups is 4. The summed E-state index contributed by atoms with van der Waals surface area (Å²) >= 11 is -0.412. The second kappa shape index (κ2) is 30.0. The number of unbranched alkanes of at least 4 members (excludes halogenated alkanes) is 3. The quantitative estimate of drug-likeness (QED) is 0.0412. The van der Waals surface area contributed by atoms with E-state index in [2.05, 4.69) is 110 Å². The summed E-state index contributed by atoms with van der Waals surface area (Å²) in [5, 5.41) is 7.52. The zero-order valence-corrected chi connectivity index (χ0v) is 51.4. The molecule has 394 valence electrons. The number of rotatable bonds is 29. The third-order valence-corrected chi connectivity index (χ3v) is 33.7. The summed E-state index contributed by atoms with van der Waals surface area (Å²) in [4.78, 5) is 57.0. The van der Waals surface area contributed by atoms with Gasteiger partial charge in [-0.1, -0.05) is 45.0 Å². The molecule has 1 fully saturated rings. The fourth-order valence-corrected chi connectivity index (χ4v) is 25.0. The van der Waals surface area contributed by atoms with Gasteiger partial charge in [0.25, 0.3) is 5.91 Å². The van der Waals surface area contributed by atoms with Crippen LogP contribution in [0.4, 0.5) is 0 Å². The van der Waals surface area contributed by atoms with Gasteiger partial charge in [0.05, 0.1) is 0 Å². The topological polar surface area (TPSA) is 145 Å². The van der Waals surface area contributed by atoms with E-state index in [0.29, 0.717) is 25.1 Å². The fraction of sp³-hybridized carbons (Fsp3) is 0.673. The van der Waals surface area contributed by atoms with Gasteiger partial charge in [0.1, 0.15) is 18.4 Å². The van der Waals surface area contributed by atoms with Crippen LogP contribution in [-0.4, -0.2) is 106 Å². The first kappa shape index (κ1) is 61.8. The van der Waals surface area contributed by atoms with Crippen LogP contribution < -0.4 is 20.5 Å². The Kier molecular flexibility index (Phi) is 26.5. The number of nitrogens with zero attached hydrogens (tertiary/aromatic N) is 1. The van der Waals surface area contributed by atoms with Gasteiger partial charge in [0.15, 0.2) is 0 Å². The normalized spacial score (nSPS) is 17.4. The zero-order valence-electron chi connectivity index (χ0n) is 45.4. The molecule has 0 spiro atoms. The standard InChI is InChI=1S/C43H64IN4O8Si.3C4H9.Sn/c1-13-36(53-9)28(4)38(54-10)29(5)39(49)46-37(27(2)3)40(50)45-35(25-30-17-15-20-33(24-30)56-57(11,12)43(6,7)8)41(51)48-22-16-21-34(47-48)42(52)55-26-31-18-14-19-32(44)23-31;3*1-3-4-2;/h1,13-15,17-20,23-24,27-29,34-38,47H,16,21-22,25-26H2,2-12H3,(H,45,50)(H,46,49);3*1,3-4H2,2H3;/t28-,29+,34-,35-,36-,37-,38+;;;;/m0..../s1. The van der Waals surface area contributed by atoms with E-state index in [1.807, 2.05) is 69.3 Å². The molecule has 2 aromatic rings. The van der Waals surface area contributed by atoms with E-state index in [0.717, 1.165) is 14.7 Å². The van der Waals surface area contributed by atoms with Crippen molar-refractivity contribution in [2.24, 2.45) is 17.8 Å². The van der Waals surface area contributed by atoms with Gasteiger partial charge < -0.3 is 9.16 Å². The van der Waals surface area contributed by atoms with Crippen molar-refractivity contribution in [1.82, 2.24) is 21.1 Å². The molecule has 1 aliphatic rings. The molecule has 0 aliphatic carbocycles. The van der Waals surface area contributed by atoms with Crippen molar-refractivity contribution in [3.8, 4) is 5.75 Å². The maximum atomic E-state index is 14.7. The Hall–Kier alpha value is -2.51. The predicted molar refractivity (Wildman–Crippen MR) is 297 cm³/mol. The molecule has 3 N–H and O–H groups in total. The Morgan fingerprint density at radius 1 is 0.871 bits per heavy atom. The van der Waals surface area contributed by atoms with Crippen molar-refractivity contribution in [2.45, 2.75) is 195 Å². The summed E-state index contributed by atoms with van der Waals surface area (Å²) in [6.45, 7) is 25.9. The van der Waals surface area contributed by atoms with Crippen molar-refractivity contribution in [2.75, 3.05) is 20.8 Å². The van der Waals surface area contributed by atoms with E-state index in [4.69, 9.17) is 18.6 Å². The third-order valence-electron chi connectivity index (χ3n) is 14.6. The Balaban J connectivity index is 1.89. The van der Waals surface area contributed by atoms with Gasteiger partial charge in [0, 0.05) is 16.5 Å². The van der Waals surface area contributed by atoms with Crippen LogP contribution in [0.1, 0.15) is 132 Å². The van der Waals surface area contributed by atoms with Crippen molar-refractivity contribution < 1.29 is 37.8 Å². The number of nitrogens with one attached hydrogen (secondary N) is 3. The molecule has 1 aliphatic heterocycles. The average molecular weight is 1210 g/mol. The Morgan fingerprint density at radius 2 is 1.49 bits per heavy atom. The Bertz CT molecular complexity index is 1960. The van der Waals surface area contributed by atoms with Gasteiger partial charge >= 0.3 is 233 Å². The molecule has 7 atom stereocenters. The number of hydrogen-bond acceptors (Lipinski definition) is 9. The molecule has 0 bridgehead atoms. The molecule has 0 radical (unpaired) electrons. The minimum atomic E-state index is -2.63. The minimum absolute atomic E-state index is 0.0324. The molecule has 3 rings (SSSR count). The second-order valence-electron chi connectivity index (χ2n) is 21.6. The zero-order chi connectivity index (χ0) is 52.2. The molecule has 70 heavy (non-hydrogen) atoms. The third kappa shape index (κ3) is 19.1. The van der Waals surface area contributed by atoms with Crippen LogP contribution in [0, 0.1) is 21.3 Å². The van der Waals surface area contributed by atoms with Crippen LogP contribution >= 0.6 is 22.6 Å². The summed E-state index contributed by atoms with van der Waals surface area (Å²) in [7, 11) is 1.17. The number of amides is 3. The molecular weight excluding hydrogens is 1120 g/mol. The van der Waals surface area contributed by atoms with Crippen LogP contribution in [0.25, 0.3) is 0 Å². The van der Waals surface area contributed by atoms with Gasteiger partial charge in [0.2, 0.25) is 8.32 Å². The molecule has 12 nitrogen and oxygen atoms in total. The molecular formula is C55H91IN4O8SiSn. The predicted octanol–water partition coefficient (Wildman–Crippen LogP) is 11.3. The van der Waals surface area contributed by atoms with E-state index >= 15 is 0 Å². The molecule has 15 heteroatoms. The second-order valence-corrected chi connectivity index (χ2v) is 40.6. The summed E-state index contributed by atoms with van der Waals surface area (Å²) in [5.41, 5.74) is 4.79. The number of hydrogen-bond donors (Lipinski definition) is 3. The van der Waals surface area contributed by atoms with E-state index in [1.54, 1.807) is 14.2 Å². The van der Waals surface area contributed by atoms with E-state index in [-0.39, 0.29) is 41.9 Å². The van der Waals surface area contributed by atoms with Crippen molar-refractivity contribution >= 4 is 73.0 Å². The number of methoxy groups -OCH3 is 2. The monoisotopic (exact) mass is 1210 g/mol. The first-order valence-corrected chi connectivity index (χ1v) is 37.9. The number of esters is 1. The molecule has 2 aromatic carbocycles. The number of ether oxygens (including phenoxy) is 3. The van der Waals surface area contributed by atoms with Crippen LogP contribution in [0.3, 0.4) is 0 Å². The molecule has 1 heterocycles. The number of carbonyl (C=O) groups excluding carboxylic acids is 4. The molecule has 0 unspecified atom stereocenters. The van der Waals surface area contributed by atoms with Crippen molar-refractivity contribution in [1.29, 1.82) is 0 Å². The van der Waals surface area contributed by atoms with Gasteiger partial charge in [-0.05, 0) is 89.0 Å². The van der Waals surface area contributed by atoms with E-state index < -0.39 is 74.6 Å².